The molecule has 0 aliphatic rings. The molecule has 2 rings (SSSR count). The molecule has 1 atom stereocenters. The van der Waals surface area contributed by atoms with Crippen LogP contribution in [0.4, 0.5) is 4.39 Å². The second-order valence-corrected chi connectivity index (χ2v) is 7.96. The highest BCUT2D eigenvalue weighted by Gasteiger charge is 2.23. The third kappa shape index (κ3) is 6.51. The lowest BCUT2D eigenvalue weighted by Crippen LogP contribution is -2.40. The van der Waals surface area contributed by atoms with Crippen molar-refractivity contribution in [2.45, 2.75) is 33.2 Å². The number of hydrogen-bond donors (Lipinski definition) is 1. The summed E-state index contributed by atoms with van der Waals surface area (Å²) in [6, 6.07) is 14.8. The highest BCUT2D eigenvalue weighted by molar-refractivity contribution is 5.96. The Hall–Kier alpha value is -2.69. The monoisotopic (exact) mass is 370 g/mol. The Morgan fingerprint density at radius 2 is 1.63 bits per heavy atom. The number of carbonyl (C=O) groups is 2. The van der Waals surface area contributed by atoms with E-state index in [-0.39, 0.29) is 35.6 Å². The Bertz CT molecular complexity index is 767. The van der Waals surface area contributed by atoms with Gasteiger partial charge in [0.05, 0.1) is 12.6 Å². The zero-order chi connectivity index (χ0) is 20.0. The van der Waals surface area contributed by atoms with Crippen molar-refractivity contribution in [2.24, 2.45) is 5.41 Å². The lowest BCUT2D eigenvalue weighted by molar-refractivity contribution is -0.122. The van der Waals surface area contributed by atoms with Gasteiger partial charge in [0.15, 0.2) is 0 Å². The smallest absolute Gasteiger partial charge is 0.254 e. The molecule has 0 saturated carbocycles. The summed E-state index contributed by atoms with van der Waals surface area (Å²) in [7, 11) is 1.60. The first-order valence-corrected chi connectivity index (χ1v) is 9.01. The van der Waals surface area contributed by atoms with E-state index in [4.69, 9.17) is 0 Å². The van der Waals surface area contributed by atoms with E-state index in [2.05, 4.69) is 26.1 Å². The average Bonchev–Trinajstić information content (AvgIpc) is 2.60. The van der Waals surface area contributed by atoms with Crippen LogP contribution in [0.15, 0.2) is 54.6 Å². The molecule has 27 heavy (non-hydrogen) atoms. The molecule has 0 bridgehead atoms. The topological polar surface area (TPSA) is 49.4 Å². The fourth-order valence-corrected chi connectivity index (χ4v) is 2.89. The molecule has 0 spiro atoms. The molecule has 0 radical (unpaired) electrons. The van der Waals surface area contributed by atoms with Crippen molar-refractivity contribution < 1.29 is 14.0 Å². The van der Waals surface area contributed by atoms with E-state index < -0.39 is 0 Å². The molecule has 2 aromatic rings. The summed E-state index contributed by atoms with van der Waals surface area (Å²) < 4.78 is 13.2. The fourth-order valence-electron chi connectivity index (χ4n) is 2.89. The highest BCUT2D eigenvalue weighted by atomic mass is 19.1. The van der Waals surface area contributed by atoms with Crippen LogP contribution in [0.5, 0.6) is 0 Å². The predicted octanol–water partition coefficient (Wildman–Crippen LogP) is 4.19. The third-order valence-corrected chi connectivity index (χ3v) is 4.17. The van der Waals surface area contributed by atoms with Crippen molar-refractivity contribution >= 4 is 11.8 Å². The van der Waals surface area contributed by atoms with E-state index in [1.54, 1.807) is 43.4 Å². The molecule has 0 aromatic heterocycles. The summed E-state index contributed by atoms with van der Waals surface area (Å²) >= 11 is 0. The second-order valence-electron chi connectivity index (χ2n) is 7.96. The number of nitrogens with zero attached hydrogens (tertiary/aromatic N) is 1. The van der Waals surface area contributed by atoms with Gasteiger partial charge in [-0.3, -0.25) is 9.59 Å². The van der Waals surface area contributed by atoms with Crippen LogP contribution in [0.2, 0.25) is 0 Å². The van der Waals surface area contributed by atoms with Crippen LogP contribution in [-0.2, 0) is 4.79 Å². The zero-order valence-electron chi connectivity index (χ0n) is 16.3. The van der Waals surface area contributed by atoms with E-state index in [9.17, 15) is 14.0 Å². The highest BCUT2D eigenvalue weighted by Crippen LogP contribution is 2.29. The van der Waals surface area contributed by atoms with Gasteiger partial charge in [-0.15, -0.1) is 0 Å². The van der Waals surface area contributed by atoms with Gasteiger partial charge in [0.1, 0.15) is 5.82 Å². The van der Waals surface area contributed by atoms with Gasteiger partial charge in [-0.1, -0.05) is 51.1 Å². The van der Waals surface area contributed by atoms with Gasteiger partial charge in [0, 0.05) is 12.6 Å². The number of hydrogen-bond acceptors (Lipinski definition) is 2. The maximum Gasteiger partial charge on any atom is 0.254 e. The number of nitrogens with one attached hydrogen (secondary N) is 1. The minimum absolute atomic E-state index is 0.0297. The van der Waals surface area contributed by atoms with Gasteiger partial charge >= 0.3 is 0 Å². The Morgan fingerprint density at radius 1 is 1.04 bits per heavy atom. The van der Waals surface area contributed by atoms with E-state index >= 15 is 0 Å². The molecular weight excluding hydrogens is 343 g/mol. The molecule has 0 saturated heterocycles. The number of carbonyl (C=O) groups excluding carboxylic acids is 2. The van der Waals surface area contributed by atoms with Gasteiger partial charge in [-0.25, -0.2) is 4.39 Å². The van der Waals surface area contributed by atoms with Crippen molar-refractivity contribution in [3.63, 3.8) is 0 Å². The van der Waals surface area contributed by atoms with Crippen LogP contribution in [0, 0.1) is 11.2 Å². The summed E-state index contributed by atoms with van der Waals surface area (Å²) in [5, 5.41) is 2.99. The fraction of sp³-hybridized carbons (Fsp3) is 0.364. The Kier molecular flexibility index (Phi) is 6.72. The van der Waals surface area contributed by atoms with Crippen LogP contribution in [0.1, 0.15) is 49.2 Å². The van der Waals surface area contributed by atoms with Crippen LogP contribution < -0.4 is 5.32 Å². The summed E-state index contributed by atoms with van der Waals surface area (Å²) in [6.07, 6.45) is 0.695. The molecule has 0 fully saturated rings. The minimum Gasteiger partial charge on any atom is -0.348 e. The normalized spacial score (nSPS) is 12.3. The largest absolute Gasteiger partial charge is 0.348 e. The molecule has 4 nitrogen and oxygen atoms in total. The van der Waals surface area contributed by atoms with Crippen LogP contribution in [0.3, 0.4) is 0 Å². The second kappa shape index (κ2) is 8.80. The Morgan fingerprint density at radius 3 is 2.19 bits per heavy atom. The Labute approximate surface area is 160 Å². The van der Waals surface area contributed by atoms with Crippen LogP contribution in [-0.4, -0.2) is 30.3 Å². The SMILES string of the molecule is CN(CC(=O)NC(CC(C)(C)C)c1ccc(F)cc1)C(=O)c1ccccc1. The van der Waals surface area contributed by atoms with Crippen molar-refractivity contribution in [2.75, 3.05) is 13.6 Å². The molecule has 1 unspecified atom stereocenters. The van der Waals surface area contributed by atoms with Crippen molar-refractivity contribution in [3.8, 4) is 0 Å². The first kappa shape index (κ1) is 20.6. The molecule has 1 N–H and O–H groups in total. The van der Waals surface area contributed by atoms with E-state index in [1.165, 1.54) is 17.0 Å². The third-order valence-electron chi connectivity index (χ3n) is 4.17. The van der Waals surface area contributed by atoms with Crippen molar-refractivity contribution in [3.05, 3.63) is 71.5 Å². The number of halogens is 1. The summed E-state index contributed by atoms with van der Waals surface area (Å²) in [5.41, 5.74) is 1.35. The average molecular weight is 370 g/mol. The number of likely N-dealkylation sites (N-methyl/N-ethyl adjacent to an activating group) is 1. The molecular formula is C22H27FN2O2. The maximum absolute atomic E-state index is 13.2. The molecule has 0 heterocycles. The molecule has 0 aliphatic heterocycles. The number of rotatable bonds is 6. The zero-order valence-corrected chi connectivity index (χ0v) is 16.3. The van der Waals surface area contributed by atoms with Crippen molar-refractivity contribution in [1.82, 2.24) is 10.2 Å². The predicted molar refractivity (Wildman–Crippen MR) is 105 cm³/mol. The van der Waals surface area contributed by atoms with Crippen molar-refractivity contribution in [1.29, 1.82) is 0 Å². The summed E-state index contributed by atoms with van der Waals surface area (Å²) in [6.45, 7) is 6.21. The number of amides is 2. The molecule has 144 valence electrons. The molecule has 2 amide bonds. The first-order valence-electron chi connectivity index (χ1n) is 9.01. The molecule has 5 heteroatoms. The quantitative estimate of drug-likeness (QED) is 0.829. The van der Waals surface area contributed by atoms with Gasteiger partial charge in [-0.2, -0.15) is 0 Å². The minimum atomic E-state index is -0.312. The summed E-state index contributed by atoms with van der Waals surface area (Å²) in [4.78, 5) is 26.3. The van der Waals surface area contributed by atoms with Gasteiger partial charge < -0.3 is 10.2 Å². The molecule has 2 aromatic carbocycles. The van der Waals surface area contributed by atoms with Crippen LogP contribution in [0.25, 0.3) is 0 Å². The van der Waals surface area contributed by atoms with Gasteiger partial charge in [0.25, 0.3) is 5.91 Å². The van der Waals surface area contributed by atoms with Gasteiger partial charge in [0.2, 0.25) is 5.91 Å². The van der Waals surface area contributed by atoms with E-state index in [0.29, 0.717) is 12.0 Å². The number of benzene rings is 2. The van der Waals surface area contributed by atoms with Crippen LogP contribution >= 0.6 is 0 Å². The van der Waals surface area contributed by atoms with Gasteiger partial charge in [-0.05, 0) is 41.7 Å². The van der Waals surface area contributed by atoms with E-state index in [0.717, 1.165) is 5.56 Å². The standard InChI is InChI=1S/C22H27FN2O2/c1-22(2,3)14-19(16-10-12-18(23)13-11-16)24-20(26)15-25(4)21(27)17-8-6-5-7-9-17/h5-13,19H,14-15H2,1-4H3,(H,24,26). The summed E-state index contributed by atoms with van der Waals surface area (Å²) in [5.74, 6) is -0.770. The lowest BCUT2D eigenvalue weighted by Gasteiger charge is -2.28. The maximum atomic E-state index is 13.2. The van der Waals surface area contributed by atoms with E-state index in [1.807, 2.05) is 6.07 Å². The molecule has 0 aliphatic carbocycles. The Balaban J connectivity index is 2.06. The first-order chi connectivity index (χ1) is 12.7. The lowest BCUT2D eigenvalue weighted by atomic mass is 9.85.